The number of halogens is 2. The van der Waals surface area contributed by atoms with Crippen LogP contribution in [0.4, 0.5) is 8.78 Å². The summed E-state index contributed by atoms with van der Waals surface area (Å²) in [6, 6.07) is 3.33. The van der Waals surface area contributed by atoms with E-state index in [9.17, 15) is 13.9 Å². The molecule has 2 N–H and O–H groups in total. The highest BCUT2D eigenvalue weighted by Crippen LogP contribution is 2.15. The van der Waals surface area contributed by atoms with Gasteiger partial charge >= 0.3 is 0 Å². The molecule has 1 aliphatic rings. The van der Waals surface area contributed by atoms with E-state index in [4.69, 9.17) is 4.74 Å². The van der Waals surface area contributed by atoms with E-state index >= 15 is 0 Å². The first-order chi connectivity index (χ1) is 9.15. The molecule has 6 heteroatoms. The predicted octanol–water partition coefficient (Wildman–Crippen LogP) is 0.610. The van der Waals surface area contributed by atoms with Gasteiger partial charge in [0.1, 0.15) is 18.5 Å². The molecule has 1 saturated heterocycles. The highest BCUT2D eigenvalue weighted by molar-refractivity contribution is 5.23. The van der Waals surface area contributed by atoms with Gasteiger partial charge in [-0.2, -0.15) is 0 Å². The second-order valence-corrected chi connectivity index (χ2v) is 4.59. The Hall–Kier alpha value is -1.24. The van der Waals surface area contributed by atoms with Crippen LogP contribution < -0.4 is 10.1 Å². The quantitative estimate of drug-likeness (QED) is 0.824. The summed E-state index contributed by atoms with van der Waals surface area (Å²) in [5.41, 5.74) is 0. The number of aliphatic hydroxyl groups excluding tert-OH is 1. The maximum atomic E-state index is 12.9. The van der Waals surface area contributed by atoms with E-state index < -0.39 is 17.7 Å². The maximum absolute atomic E-state index is 12.9. The zero-order valence-electron chi connectivity index (χ0n) is 10.6. The van der Waals surface area contributed by atoms with Gasteiger partial charge in [-0.1, -0.05) is 0 Å². The molecule has 1 unspecified atom stereocenters. The van der Waals surface area contributed by atoms with Crippen LogP contribution in [0.15, 0.2) is 18.2 Å². The summed E-state index contributed by atoms with van der Waals surface area (Å²) in [5, 5.41) is 13.1. The van der Waals surface area contributed by atoms with E-state index in [2.05, 4.69) is 10.2 Å². The number of nitrogens with zero attached hydrogens (tertiary/aromatic N) is 1. The first kappa shape index (κ1) is 14.2. The van der Waals surface area contributed by atoms with E-state index in [1.165, 1.54) is 6.07 Å². The predicted molar refractivity (Wildman–Crippen MR) is 67.2 cm³/mol. The molecule has 1 fully saturated rings. The molecule has 0 aromatic heterocycles. The van der Waals surface area contributed by atoms with E-state index in [-0.39, 0.29) is 12.4 Å². The van der Waals surface area contributed by atoms with E-state index in [0.29, 0.717) is 6.54 Å². The van der Waals surface area contributed by atoms with E-state index in [0.717, 1.165) is 38.3 Å². The molecule has 1 aromatic rings. The van der Waals surface area contributed by atoms with Crippen molar-refractivity contribution in [3.63, 3.8) is 0 Å². The second kappa shape index (κ2) is 6.79. The van der Waals surface area contributed by atoms with Crippen LogP contribution in [-0.4, -0.2) is 55.4 Å². The third-order valence-corrected chi connectivity index (χ3v) is 3.01. The van der Waals surface area contributed by atoms with Crippen molar-refractivity contribution in [3.8, 4) is 5.75 Å². The Labute approximate surface area is 111 Å². The molecule has 0 bridgehead atoms. The minimum Gasteiger partial charge on any atom is -0.491 e. The van der Waals surface area contributed by atoms with Gasteiger partial charge < -0.3 is 15.2 Å². The standard InChI is InChI=1S/C13H18F2N2O2/c14-12-2-1-11(7-13(12)15)19-9-10(18)8-17-5-3-16-4-6-17/h1-2,7,10,16,18H,3-6,8-9H2. The summed E-state index contributed by atoms with van der Waals surface area (Å²) in [4.78, 5) is 2.13. The molecule has 0 saturated carbocycles. The number of aliphatic hydroxyl groups is 1. The minimum absolute atomic E-state index is 0.0645. The van der Waals surface area contributed by atoms with Gasteiger partial charge in [-0.3, -0.25) is 4.90 Å². The van der Waals surface area contributed by atoms with Crippen molar-refractivity contribution in [3.05, 3.63) is 29.8 Å². The first-order valence-electron chi connectivity index (χ1n) is 6.34. The number of nitrogens with one attached hydrogen (secondary N) is 1. The van der Waals surface area contributed by atoms with Gasteiger partial charge in [-0.25, -0.2) is 8.78 Å². The van der Waals surface area contributed by atoms with Gasteiger partial charge in [0.15, 0.2) is 11.6 Å². The Kier molecular flexibility index (Phi) is 5.07. The molecule has 0 amide bonds. The summed E-state index contributed by atoms with van der Waals surface area (Å²) >= 11 is 0. The molecule has 0 radical (unpaired) electrons. The Morgan fingerprint density at radius 3 is 2.68 bits per heavy atom. The molecular weight excluding hydrogens is 254 g/mol. The van der Waals surface area contributed by atoms with Gasteiger partial charge in [0, 0.05) is 38.8 Å². The van der Waals surface area contributed by atoms with Crippen LogP contribution in [0.2, 0.25) is 0 Å². The molecular formula is C13H18F2N2O2. The van der Waals surface area contributed by atoms with Crippen LogP contribution in [-0.2, 0) is 0 Å². The summed E-state index contributed by atoms with van der Waals surface area (Å²) in [6.07, 6.45) is -0.647. The molecule has 1 heterocycles. The van der Waals surface area contributed by atoms with Crippen molar-refractivity contribution in [1.82, 2.24) is 10.2 Å². The molecule has 2 rings (SSSR count). The summed E-state index contributed by atoms with van der Waals surface area (Å²) in [5.74, 6) is -1.64. The molecule has 4 nitrogen and oxygen atoms in total. The lowest BCUT2D eigenvalue weighted by atomic mass is 10.3. The lowest BCUT2D eigenvalue weighted by Gasteiger charge is -2.28. The fourth-order valence-corrected chi connectivity index (χ4v) is 2.00. The van der Waals surface area contributed by atoms with Crippen molar-refractivity contribution in [1.29, 1.82) is 0 Å². The third kappa shape index (κ3) is 4.41. The molecule has 0 aliphatic carbocycles. The van der Waals surface area contributed by atoms with Crippen LogP contribution in [0, 0.1) is 11.6 Å². The van der Waals surface area contributed by atoms with Gasteiger partial charge in [0.25, 0.3) is 0 Å². The highest BCUT2D eigenvalue weighted by atomic mass is 19.2. The minimum atomic E-state index is -0.950. The Morgan fingerprint density at radius 1 is 1.26 bits per heavy atom. The second-order valence-electron chi connectivity index (χ2n) is 4.59. The Morgan fingerprint density at radius 2 is 2.00 bits per heavy atom. The fraction of sp³-hybridized carbons (Fsp3) is 0.538. The Bertz CT molecular complexity index is 412. The van der Waals surface area contributed by atoms with Crippen molar-refractivity contribution in [2.45, 2.75) is 6.10 Å². The summed E-state index contributed by atoms with van der Waals surface area (Å²) < 4.78 is 30.9. The number of hydrogen-bond acceptors (Lipinski definition) is 4. The molecule has 1 aromatic carbocycles. The zero-order valence-corrected chi connectivity index (χ0v) is 10.6. The van der Waals surface area contributed by atoms with Crippen LogP contribution in [0.25, 0.3) is 0 Å². The van der Waals surface area contributed by atoms with Gasteiger partial charge in [0.05, 0.1) is 0 Å². The number of piperazine rings is 1. The smallest absolute Gasteiger partial charge is 0.162 e. The maximum Gasteiger partial charge on any atom is 0.162 e. The average Bonchev–Trinajstić information content (AvgIpc) is 2.41. The Balaban J connectivity index is 1.75. The monoisotopic (exact) mass is 272 g/mol. The normalized spacial score (nSPS) is 18.3. The number of β-amino-alcohol motifs (C(OH)–C–C–N with tert-alkyl or cyclic N) is 1. The van der Waals surface area contributed by atoms with Crippen LogP contribution in [0.3, 0.4) is 0 Å². The largest absolute Gasteiger partial charge is 0.491 e. The van der Waals surface area contributed by atoms with Crippen LogP contribution in [0.5, 0.6) is 5.75 Å². The average molecular weight is 272 g/mol. The zero-order chi connectivity index (χ0) is 13.7. The molecule has 1 aliphatic heterocycles. The third-order valence-electron chi connectivity index (χ3n) is 3.01. The molecule has 19 heavy (non-hydrogen) atoms. The lowest BCUT2D eigenvalue weighted by molar-refractivity contribution is 0.0640. The van der Waals surface area contributed by atoms with Crippen molar-refractivity contribution in [2.24, 2.45) is 0 Å². The van der Waals surface area contributed by atoms with Crippen molar-refractivity contribution < 1.29 is 18.6 Å². The van der Waals surface area contributed by atoms with Crippen LogP contribution >= 0.6 is 0 Å². The number of rotatable bonds is 5. The number of ether oxygens (including phenoxy) is 1. The molecule has 106 valence electrons. The highest BCUT2D eigenvalue weighted by Gasteiger charge is 2.15. The fourth-order valence-electron chi connectivity index (χ4n) is 2.00. The van der Waals surface area contributed by atoms with Crippen LogP contribution in [0.1, 0.15) is 0 Å². The summed E-state index contributed by atoms with van der Waals surface area (Å²) in [7, 11) is 0. The first-order valence-corrected chi connectivity index (χ1v) is 6.34. The van der Waals surface area contributed by atoms with Gasteiger partial charge in [-0.05, 0) is 12.1 Å². The van der Waals surface area contributed by atoms with E-state index in [1.807, 2.05) is 0 Å². The van der Waals surface area contributed by atoms with Crippen molar-refractivity contribution in [2.75, 3.05) is 39.3 Å². The van der Waals surface area contributed by atoms with Crippen molar-refractivity contribution >= 4 is 0 Å². The molecule has 0 spiro atoms. The number of hydrogen-bond donors (Lipinski definition) is 2. The summed E-state index contributed by atoms with van der Waals surface area (Å²) in [6.45, 7) is 4.19. The SMILES string of the molecule is OC(COc1ccc(F)c(F)c1)CN1CCNCC1. The topological polar surface area (TPSA) is 44.7 Å². The molecule has 1 atom stereocenters. The lowest BCUT2D eigenvalue weighted by Crippen LogP contribution is -2.47. The van der Waals surface area contributed by atoms with Gasteiger partial charge in [0.2, 0.25) is 0 Å². The van der Waals surface area contributed by atoms with E-state index in [1.54, 1.807) is 0 Å². The van der Waals surface area contributed by atoms with Gasteiger partial charge in [-0.15, -0.1) is 0 Å². The number of benzene rings is 1.